The lowest BCUT2D eigenvalue weighted by Gasteiger charge is -1.85. The zero-order valence-electron chi connectivity index (χ0n) is 6.79. The molecule has 0 aliphatic rings. The second-order valence-corrected chi connectivity index (χ2v) is 2.33. The Kier molecular flexibility index (Phi) is 10.4. The highest BCUT2D eigenvalue weighted by atomic mass is 35.5. The molecule has 0 aliphatic heterocycles. The van der Waals surface area contributed by atoms with E-state index in [9.17, 15) is 0 Å². The van der Waals surface area contributed by atoms with Gasteiger partial charge in [0.25, 0.3) is 11.0 Å². The minimum absolute atomic E-state index is 0. The van der Waals surface area contributed by atoms with Crippen LogP contribution >= 0.6 is 12.4 Å². The highest BCUT2D eigenvalue weighted by molar-refractivity contribution is 7.66. The lowest BCUT2D eigenvalue weighted by molar-refractivity contribution is 0.509. The Bertz CT molecular complexity index is 288. The van der Waals surface area contributed by atoms with E-state index in [1.54, 1.807) is 0 Å². The molecule has 0 saturated carbocycles. The van der Waals surface area contributed by atoms with E-state index >= 15 is 0 Å². The predicted molar refractivity (Wildman–Crippen MR) is 56.7 cm³/mol. The van der Waals surface area contributed by atoms with Gasteiger partial charge in [0.1, 0.15) is 0 Å². The van der Waals surface area contributed by atoms with Gasteiger partial charge in [0.2, 0.25) is 0 Å². The summed E-state index contributed by atoms with van der Waals surface area (Å²) in [6.07, 6.45) is 1.83. The maximum atomic E-state index is 8.59. The van der Waals surface area contributed by atoms with Gasteiger partial charge in [-0.1, -0.05) is 43.0 Å². The number of thiol groups is 1. The molecule has 74 valence electrons. The van der Waals surface area contributed by atoms with Gasteiger partial charge in [-0.05, 0) is 5.56 Å². The standard InChI is InChI=1S/C8H8.ClH.H2O3S/c1-2-8-6-4-3-5-7-8;;1-4(2)3/h2-7H,1H2;1H;4H,(H,1,2,3). The Morgan fingerprint density at radius 2 is 1.62 bits per heavy atom. The molecule has 0 atom stereocenters. The van der Waals surface area contributed by atoms with Crippen LogP contribution < -0.4 is 0 Å². The van der Waals surface area contributed by atoms with Crippen LogP contribution in [0.15, 0.2) is 36.9 Å². The fraction of sp³-hybridized carbons (Fsp3) is 0. The second kappa shape index (κ2) is 9.25. The normalized spacial score (nSPS) is 7.85. The van der Waals surface area contributed by atoms with Crippen molar-refractivity contribution in [3.63, 3.8) is 0 Å². The Morgan fingerprint density at radius 1 is 1.23 bits per heavy atom. The molecule has 0 aliphatic carbocycles. The van der Waals surface area contributed by atoms with Gasteiger partial charge in [-0.2, -0.15) is 0 Å². The summed E-state index contributed by atoms with van der Waals surface area (Å²) in [5.74, 6) is 0. The molecule has 0 bridgehead atoms. The summed E-state index contributed by atoms with van der Waals surface area (Å²) < 4.78 is 24.2. The Hall–Kier alpha value is -0.840. The topological polar surface area (TPSA) is 54.4 Å². The summed E-state index contributed by atoms with van der Waals surface area (Å²) in [7, 11) is -3.12. The first-order chi connectivity index (χ1) is 5.66. The van der Waals surface area contributed by atoms with E-state index in [0.717, 1.165) is 0 Å². The van der Waals surface area contributed by atoms with Gasteiger partial charge in [0, 0.05) is 0 Å². The molecule has 0 unspecified atom stereocenters. The molecule has 0 spiro atoms. The molecule has 0 saturated heterocycles. The van der Waals surface area contributed by atoms with Gasteiger partial charge in [0.05, 0.1) is 0 Å². The zero-order chi connectivity index (χ0) is 9.40. The third kappa shape index (κ3) is 11.2. The number of rotatable bonds is 1. The molecular formula is C8H11ClO3S. The first-order valence-corrected chi connectivity index (χ1v) is 4.30. The van der Waals surface area contributed by atoms with Gasteiger partial charge in [-0.25, -0.2) is 8.42 Å². The molecule has 0 radical (unpaired) electrons. The van der Waals surface area contributed by atoms with Crippen molar-refractivity contribution in [1.29, 1.82) is 0 Å². The van der Waals surface area contributed by atoms with Crippen molar-refractivity contribution in [3.05, 3.63) is 42.5 Å². The molecule has 1 N–H and O–H groups in total. The number of hydrogen-bond acceptors (Lipinski definition) is 2. The van der Waals surface area contributed by atoms with Crippen molar-refractivity contribution < 1.29 is 13.0 Å². The molecule has 0 aromatic heterocycles. The first kappa shape index (κ1) is 14.7. The number of benzene rings is 1. The largest absolute Gasteiger partial charge is 0.288 e. The van der Waals surface area contributed by atoms with Crippen molar-refractivity contribution in [1.82, 2.24) is 0 Å². The van der Waals surface area contributed by atoms with E-state index in [0.29, 0.717) is 0 Å². The van der Waals surface area contributed by atoms with Crippen molar-refractivity contribution in [2.24, 2.45) is 0 Å². The van der Waals surface area contributed by atoms with Gasteiger partial charge < -0.3 is 0 Å². The van der Waals surface area contributed by atoms with Crippen LogP contribution in [0.4, 0.5) is 0 Å². The summed E-state index contributed by atoms with van der Waals surface area (Å²) >= 11 is 0. The summed E-state index contributed by atoms with van der Waals surface area (Å²) in [5, 5.41) is 0. The average Bonchev–Trinajstić information content (AvgIpc) is 2.05. The van der Waals surface area contributed by atoms with Gasteiger partial charge >= 0.3 is 0 Å². The van der Waals surface area contributed by atoms with Crippen molar-refractivity contribution in [3.8, 4) is 0 Å². The molecule has 1 aromatic carbocycles. The summed E-state index contributed by atoms with van der Waals surface area (Å²) in [6.45, 7) is 3.63. The van der Waals surface area contributed by atoms with E-state index in [1.807, 2.05) is 36.4 Å². The van der Waals surface area contributed by atoms with Crippen molar-refractivity contribution in [2.45, 2.75) is 0 Å². The maximum absolute atomic E-state index is 8.59. The highest BCUT2D eigenvalue weighted by Gasteiger charge is 1.75. The van der Waals surface area contributed by atoms with Crippen LogP contribution in [0.1, 0.15) is 5.56 Å². The minimum atomic E-state index is -3.12. The van der Waals surface area contributed by atoms with Crippen LogP contribution in [0.25, 0.3) is 6.08 Å². The first-order valence-electron chi connectivity index (χ1n) is 3.17. The quantitative estimate of drug-likeness (QED) is 0.563. The molecule has 3 nitrogen and oxygen atoms in total. The number of hydrogen-bond donors (Lipinski definition) is 2. The molecule has 13 heavy (non-hydrogen) atoms. The summed E-state index contributed by atoms with van der Waals surface area (Å²) in [4.78, 5) is 0. The van der Waals surface area contributed by atoms with Gasteiger partial charge in [-0.15, -0.1) is 12.4 Å². The summed E-state index contributed by atoms with van der Waals surface area (Å²) in [6, 6.07) is 10.0. The van der Waals surface area contributed by atoms with Crippen LogP contribution in [-0.2, 0) is 11.0 Å². The molecule has 1 rings (SSSR count). The van der Waals surface area contributed by atoms with Crippen LogP contribution in [-0.4, -0.2) is 13.0 Å². The highest BCUT2D eigenvalue weighted by Crippen LogP contribution is 1.97. The molecule has 5 heteroatoms. The van der Waals surface area contributed by atoms with E-state index in [1.165, 1.54) is 5.56 Å². The average molecular weight is 223 g/mol. The molecule has 0 heterocycles. The van der Waals surface area contributed by atoms with Crippen LogP contribution in [0.3, 0.4) is 0 Å². The van der Waals surface area contributed by atoms with E-state index < -0.39 is 11.0 Å². The maximum Gasteiger partial charge on any atom is 0.254 e. The monoisotopic (exact) mass is 222 g/mol. The minimum Gasteiger partial charge on any atom is -0.288 e. The van der Waals surface area contributed by atoms with E-state index in [-0.39, 0.29) is 12.4 Å². The molecule has 0 fully saturated rings. The Morgan fingerprint density at radius 3 is 1.85 bits per heavy atom. The van der Waals surface area contributed by atoms with Crippen LogP contribution in [0.5, 0.6) is 0 Å². The second-order valence-electron chi connectivity index (χ2n) is 1.85. The van der Waals surface area contributed by atoms with Crippen molar-refractivity contribution >= 4 is 29.5 Å². The smallest absolute Gasteiger partial charge is 0.254 e. The van der Waals surface area contributed by atoms with Crippen LogP contribution in [0.2, 0.25) is 0 Å². The third-order valence-electron chi connectivity index (χ3n) is 1.04. The zero-order valence-corrected chi connectivity index (χ0v) is 8.50. The SMILES string of the molecule is C=Cc1ccccc1.Cl.O=[SH](=O)O. The lowest BCUT2D eigenvalue weighted by Crippen LogP contribution is -1.63. The fourth-order valence-corrected chi connectivity index (χ4v) is 0.589. The molecule has 1 aromatic rings. The van der Waals surface area contributed by atoms with E-state index in [2.05, 4.69) is 6.58 Å². The van der Waals surface area contributed by atoms with Crippen molar-refractivity contribution in [2.75, 3.05) is 0 Å². The summed E-state index contributed by atoms with van der Waals surface area (Å²) in [5.41, 5.74) is 1.17. The van der Waals surface area contributed by atoms with Crippen LogP contribution in [0, 0.1) is 0 Å². The van der Waals surface area contributed by atoms with Gasteiger partial charge in [0.15, 0.2) is 0 Å². The van der Waals surface area contributed by atoms with E-state index in [4.69, 9.17) is 13.0 Å². The number of halogens is 1. The lowest BCUT2D eigenvalue weighted by atomic mass is 10.2. The molecule has 0 amide bonds. The Labute approximate surface area is 85.3 Å². The Balaban J connectivity index is 0. The molecular weight excluding hydrogens is 212 g/mol. The predicted octanol–water partition coefficient (Wildman–Crippen LogP) is 1.82. The third-order valence-corrected chi connectivity index (χ3v) is 1.04. The van der Waals surface area contributed by atoms with Gasteiger partial charge in [-0.3, -0.25) is 4.55 Å². The fourth-order valence-electron chi connectivity index (χ4n) is 0.589.